The predicted molar refractivity (Wildman–Crippen MR) is 68.1 cm³/mol. The van der Waals surface area contributed by atoms with Gasteiger partial charge >= 0.3 is 51.4 Å². The van der Waals surface area contributed by atoms with E-state index in [2.05, 4.69) is 21.5 Å². The number of nitrogens with one attached hydrogen (secondary N) is 2. The number of nitriles is 1. The number of aromatic amines is 1. The molecule has 2 aromatic heterocycles. The maximum absolute atomic E-state index is 8.51. The molecule has 2 N–H and O–H groups in total. The Morgan fingerprint density at radius 2 is 2.42 bits per heavy atom. The Kier molecular flexibility index (Phi) is 6.47. The second kappa shape index (κ2) is 7.62. The number of nitrogens with zero attached hydrogens (tertiary/aromatic N) is 4. The molecule has 0 fully saturated rings. The molecule has 0 aliphatic rings. The van der Waals surface area contributed by atoms with E-state index in [0.717, 1.165) is 11.1 Å². The Morgan fingerprint density at radius 3 is 3.11 bits per heavy atom. The van der Waals surface area contributed by atoms with Crippen LogP contribution in [0.2, 0.25) is 0 Å². The predicted octanol–water partition coefficient (Wildman–Crippen LogP) is -0.820. The molecule has 0 amide bonds. The summed E-state index contributed by atoms with van der Waals surface area (Å²) in [6.45, 7) is 0.544. The van der Waals surface area contributed by atoms with Crippen LogP contribution in [0.15, 0.2) is 24.7 Å². The Labute approximate surface area is 154 Å². The van der Waals surface area contributed by atoms with Gasteiger partial charge in [-0.15, -0.1) is 0 Å². The SMILES string of the molecule is C[N-]c1[nH]ccc1C(=N)c1cnn(CCC#N)c1.[K+]. The second-order valence-corrected chi connectivity index (χ2v) is 3.74. The van der Waals surface area contributed by atoms with Crippen LogP contribution >= 0.6 is 0 Å². The minimum absolute atomic E-state index is 0. The van der Waals surface area contributed by atoms with Gasteiger partial charge in [-0.1, -0.05) is 25.1 Å². The molecule has 0 atom stereocenters. The molecule has 2 rings (SSSR count). The number of H-pyrrole nitrogens is 1. The van der Waals surface area contributed by atoms with Crippen molar-refractivity contribution in [1.82, 2.24) is 14.8 Å². The van der Waals surface area contributed by atoms with Crippen molar-refractivity contribution in [2.75, 3.05) is 7.05 Å². The monoisotopic (exact) mass is 280 g/mol. The maximum atomic E-state index is 8.51. The number of aromatic nitrogens is 3. The molecule has 2 aromatic rings. The van der Waals surface area contributed by atoms with Crippen molar-refractivity contribution >= 4 is 11.5 Å². The van der Waals surface area contributed by atoms with Gasteiger partial charge in [-0.05, 0) is 5.56 Å². The van der Waals surface area contributed by atoms with E-state index in [4.69, 9.17) is 10.7 Å². The van der Waals surface area contributed by atoms with Crippen LogP contribution in [0.1, 0.15) is 17.5 Å². The fraction of sp³-hybridized carbons (Fsp3) is 0.250. The normalized spacial score (nSPS) is 9.47. The van der Waals surface area contributed by atoms with E-state index in [9.17, 15) is 0 Å². The topological polar surface area (TPSA) is 95.3 Å². The van der Waals surface area contributed by atoms with Gasteiger partial charge in [-0.25, -0.2) is 0 Å². The average Bonchev–Trinajstić information content (AvgIpc) is 3.04. The smallest absolute Gasteiger partial charge is 0.469 e. The summed E-state index contributed by atoms with van der Waals surface area (Å²) >= 11 is 0. The first-order valence-electron chi connectivity index (χ1n) is 5.52. The molecule has 0 spiro atoms. The summed E-state index contributed by atoms with van der Waals surface area (Å²) in [5, 5.41) is 24.8. The third-order valence-corrected chi connectivity index (χ3v) is 2.59. The van der Waals surface area contributed by atoms with Crippen LogP contribution in [0, 0.1) is 16.7 Å². The van der Waals surface area contributed by atoms with Crippen molar-refractivity contribution in [2.24, 2.45) is 0 Å². The Hall–Kier alpha value is -0.914. The number of rotatable bonds is 5. The van der Waals surface area contributed by atoms with Crippen molar-refractivity contribution in [3.8, 4) is 6.07 Å². The summed E-state index contributed by atoms with van der Waals surface area (Å²) in [7, 11) is 1.68. The third-order valence-electron chi connectivity index (χ3n) is 2.59. The van der Waals surface area contributed by atoms with E-state index in [1.165, 1.54) is 0 Å². The van der Waals surface area contributed by atoms with Gasteiger partial charge in [0.05, 0.1) is 30.9 Å². The fourth-order valence-electron chi connectivity index (χ4n) is 1.68. The standard InChI is InChI=1S/C12H13N6.K/c1-15-12-10(3-5-16-12)11(14)9-7-17-18(8-9)6-2-4-13;/h3,5,7-8,14,16H,2,6H2,1H3;/q-1;+1. The van der Waals surface area contributed by atoms with E-state index in [1.54, 1.807) is 30.3 Å². The summed E-state index contributed by atoms with van der Waals surface area (Å²) in [5.41, 5.74) is 1.84. The zero-order valence-corrected chi connectivity index (χ0v) is 14.1. The zero-order valence-electron chi connectivity index (χ0n) is 11.0. The van der Waals surface area contributed by atoms with Crippen LogP contribution in [0.4, 0.5) is 5.82 Å². The van der Waals surface area contributed by atoms with Crippen LogP contribution in [0.3, 0.4) is 0 Å². The zero-order chi connectivity index (χ0) is 13.0. The molecule has 0 aromatic carbocycles. The molecule has 0 radical (unpaired) electrons. The summed E-state index contributed by atoms with van der Waals surface area (Å²) in [4.78, 5) is 2.97. The molecule has 92 valence electrons. The Morgan fingerprint density at radius 1 is 1.63 bits per heavy atom. The third kappa shape index (κ3) is 3.78. The molecule has 0 saturated carbocycles. The summed E-state index contributed by atoms with van der Waals surface area (Å²) < 4.78 is 1.67. The van der Waals surface area contributed by atoms with Crippen molar-refractivity contribution in [2.45, 2.75) is 13.0 Å². The molecule has 6 nitrogen and oxygen atoms in total. The molecule has 0 aliphatic heterocycles. The summed E-state index contributed by atoms with van der Waals surface area (Å²) in [6, 6.07) is 3.88. The van der Waals surface area contributed by atoms with E-state index >= 15 is 0 Å². The van der Waals surface area contributed by atoms with Crippen LogP contribution in [0.25, 0.3) is 5.32 Å². The van der Waals surface area contributed by atoms with Gasteiger partial charge < -0.3 is 10.3 Å². The van der Waals surface area contributed by atoms with Crippen molar-refractivity contribution in [1.29, 1.82) is 10.7 Å². The molecule has 2 heterocycles. The van der Waals surface area contributed by atoms with Gasteiger partial charge in [0, 0.05) is 11.8 Å². The van der Waals surface area contributed by atoms with Crippen LogP contribution < -0.4 is 51.4 Å². The summed E-state index contributed by atoms with van der Waals surface area (Å²) in [5.74, 6) is 0.685. The van der Waals surface area contributed by atoms with E-state index < -0.39 is 0 Å². The van der Waals surface area contributed by atoms with Gasteiger partial charge in [0.2, 0.25) is 0 Å². The van der Waals surface area contributed by atoms with Crippen molar-refractivity contribution in [3.05, 3.63) is 41.1 Å². The number of hydrogen-bond donors (Lipinski definition) is 2. The fourth-order valence-corrected chi connectivity index (χ4v) is 1.68. The minimum atomic E-state index is 0. The van der Waals surface area contributed by atoms with Crippen LogP contribution in [-0.2, 0) is 6.54 Å². The van der Waals surface area contributed by atoms with E-state index in [1.807, 2.05) is 6.07 Å². The van der Waals surface area contributed by atoms with Crippen LogP contribution in [0.5, 0.6) is 0 Å². The largest absolute Gasteiger partial charge is 1.00 e. The van der Waals surface area contributed by atoms with Gasteiger partial charge in [-0.2, -0.15) is 10.4 Å². The minimum Gasteiger partial charge on any atom is -0.469 e. The average molecular weight is 280 g/mol. The molecule has 0 aliphatic carbocycles. The molecule has 0 bridgehead atoms. The van der Waals surface area contributed by atoms with Crippen molar-refractivity contribution in [3.63, 3.8) is 0 Å². The first-order chi connectivity index (χ1) is 8.76. The summed E-state index contributed by atoms with van der Waals surface area (Å²) in [6.07, 6.45) is 5.57. The second-order valence-electron chi connectivity index (χ2n) is 3.74. The number of aryl methyl sites for hydroxylation is 1. The van der Waals surface area contributed by atoms with Gasteiger partial charge in [0.1, 0.15) is 0 Å². The molecular weight excluding hydrogens is 267 g/mol. The Bertz CT molecular complexity index is 591. The molecular formula is C12H13KN6. The van der Waals surface area contributed by atoms with E-state index in [-0.39, 0.29) is 51.4 Å². The molecule has 19 heavy (non-hydrogen) atoms. The van der Waals surface area contributed by atoms with Gasteiger partial charge in [-0.3, -0.25) is 10.1 Å². The van der Waals surface area contributed by atoms with E-state index in [0.29, 0.717) is 24.5 Å². The van der Waals surface area contributed by atoms with Gasteiger partial charge in [0.25, 0.3) is 0 Å². The van der Waals surface area contributed by atoms with Crippen molar-refractivity contribution < 1.29 is 51.4 Å². The molecule has 7 heteroatoms. The number of hydrogen-bond acceptors (Lipinski definition) is 3. The molecule has 0 unspecified atom stereocenters. The molecule has 0 saturated heterocycles. The quantitative estimate of drug-likeness (QED) is 0.553. The maximum Gasteiger partial charge on any atom is 1.00 e. The van der Waals surface area contributed by atoms with Gasteiger partial charge in [0.15, 0.2) is 0 Å². The first-order valence-corrected chi connectivity index (χ1v) is 5.52. The van der Waals surface area contributed by atoms with Crippen LogP contribution in [-0.4, -0.2) is 27.5 Å². The first kappa shape index (κ1) is 16.1. The Balaban J connectivity index is 0.00000180.